The lowest BCUT2D eigenvalue weighted by molar-refractivity contribution is 0.636. The smallest absolute Gasteiger partial charge is 0.269 e. The first kappa shape index (κ1) is 18.9. The van der Waals surface area contributed by atoms with Crippen molar-refractivity contribution in [2.75, 3.05) is 11.1 Å². The molecule has 0 saturated carbocycles. The molecule has 0 amide bonds. The monoisotopic (exact) mass is 436 g/mol. The van der Waals surface area contributed by atoms with Gasteiger partial charge in [0.25, 0.3) is 5.56 Å². The number of para-hydroxylation sites is 1. The van der Waals surface area contributed by atoms with E-state index < -0.39 is 11.4 Å². The molecule has 5 rings (SSSR count). The molecule has 0 spiro atoms. The van der Waals surface area contributed by atoms with E-state index in [0.29, 0.717) is 33.5 Å². The zero-order valence-corrected chi connectivity index (χ0v) is 16.6. The number of hydrogen-bond acceptors (Lipinski definition) is 7. The molecule has 0 aliphatic heterocycles. The summed E-state index contributed by atoms with van der Waals surface area (Å²) >= 11 is 6.34. The second-order valence-electron chi connectivity index (χ2n) is 6.64. The average molecular weight is 437 g/mol. The lowest BCUT2D eigenvalue weighted by Gasteiger charge is -2.16. The van der Waals surface area contributed by atoms with Crippen LogP contribution in [0, 0.1) is 5.82 Å². The molecule has 31 heavy (non-hydrogen) atoms. The topological polar surface area (TPSA) is 127 Å². The molecule has 4 N–H and O–H groups in total. The maximum absolute atomic E-state index is 14.5. The van der Waals surface area contributed by atoms with Crippen LogP contribution in [0.2, 0.25) is 5.02 Å². The Kier molecular flexibility index (Phi) is 4.48. The average Bonchev–Trinajstić information content (AvgIpc) is 3.21. The first-order valence-corrected chi connectivity index (χ1v) is 9.56. The van der Waals surface area contributed by atoms with E-state index in [0.717, 1.165) is 0 Å². The van der Waals surface area contributed by atoms with Gasteiger partial charge in [-0.05, 0) is 24.3 Å². The van der Waals surface area contributed by atoms with Gasteiger partial charge in [0.1, 0.15) is 22.5 Å². The lowest BCUT2D eigenvalue weighted by atomic mass is 10.2. The molecule has 154 valence electrons. The van der Waals surface area contributed by atoms with Gasteiger partial charge in [-0.3, -0.25) is 9.36 Å². The Bertz CT molecular complexity index is 1510. The van der Waals surface area contributed by atoms with E-state index >= 15 is 0 Å². The first-order valence-electron chi connectivity index (χ1n) is 9.18. The van der Waals surface area contributed by atoms with Crippen molar-refractivity contribution in [1.29, 1.82) is 0 Å². The van der Waals surface area contributed by atoms with E-state index in [2.05, 4.69) is 30.2 Å². The van der Waals surface area contributed by atoms with Gasteiger partial charge >= 0.3 is 0 Å². The molecular weight excluding hydrogens is 423 g/mol. The number of nitrogens with zero attached hydrogens (tertiary/aromatic N) is 5. The molecule has 0 fully saturated rings. The van der Waals surface area contributed by atoms with Gasteiger partial charge in [0.2, 0.25) is 5.95 Å². The highest BCUT2D eigenvalue weighted by Gasteiger charge is 2.18. The minimum atomic E-state index is -0.655. The summed E-state index contributed by atoms with van der Waals surface area (Å²) in [5, 5.41) is 3.30. The summed E-state index contributed by atoms with van der Waals surface area (Å²) in [7, 11) is 0. The first-order chi connectivity index (χ1) is 15.0. The summed E-state index contributed by atoms with van der Waals surface area (Å²) < 4.78 is 15.7. The molecule has 0 bridgehead atoms. The summed E-state index contributed by atoms with van der Waals surface area (Å²) in [5.41, 5.74) is 6.76. The number of fused-ring (bicyclic) bond motifs is 2. The van der Waals surface area contributed by atoms with Crippen molar-refractivity contribution in [1.82, 2.24) is 29.5 Å². The van der Waals surface area contributed by atoms with Crippen LogP contribution in [0.3, 0.4) is 0 Å². The molecule has 0 atom stereocenters. The summed E-state index contributed by atoms with van der Waals surface area (Å²) in [5.74, 6) is 0.0634. The highest BCUT2D eigenvalue weighted by Crippen LogP contribution is 2.23. The molecule has 0 saturated heterocycles. The lowest BCUT2D eigenvalue weighted by Crippen LogP contribution is -2.26. The third kappa shape index (κ3) is 3.22. The summed E-state index contributed by atoms with van der Waals surface area (Å²) in [6, 6.07) is 11.1. The maximum atomic E-state index is 14.5. The van der Waals surface area contributed by atoms with Crippen molar-refractivity contribution < 1.29 is 4.39 Å². The fourth-order valence-electron chi connectivity index (χ4n) is 3.37. The van der Waals surface area contributed by atoms with Crippen molar-refractivity contribution in [2.24, 2.45) is 0 Å². The Morgan fingerprint density at radius 2 is 1.97 bits per heavy atom. The number of aromatic nitrogens is 6. The van der Waals surface area contributed by atoms with Crippen LogP contribution in [0.4, 0.5) is 16.2 Å². The number of imidazole rings is 1. The van der Waals surface area contributed by atoms with Crippen LogP contribution in [0.1, 0.15) is 5.82 Å². The molecule has 3 heterocycles. The van der Waals surface area contributed by atoms with Gasteiger partial charge in [0.05, 0.1) is 29.1 Å². The predicted molar refractivity (Wildman–Crippen MR) is 116 cm³/mol. The maximum Gasteiger partial charge on any atom is 0.269 e. The number of halogens is 2. The van der Waals surface area contributed by atoms with Crippen molar-refractivity contribution in [2.45, 2.75) is 6.54 Å². The van der Waals surface area contributed by atoms with Crippen LogP contribution in [0.15, 0.2) is 53.6 Å². The summed E-state index contributed by atoms with van der Waals surface area (Å²) in [6.45, 7) is 0.0608. The van der Waals surface area contributed by atoms with Crippen molar-refractivity contribution in [3.05, 3.63) is 75.8 Å². The second-order valence-corrected chi connectivity index (χ2v) is 7.04. The Morgan fingerprint density at radius 1 is 1.13 bits per heavy atom. The molecule has 9 nitrogen and oxygen atoms in total. The normalized spacial score (nSPS) is 11.3. The molecular formula is C20H14ClFN8O. The Morgan fingerprint density at radius 3 is 2.81 bits per heavy atom. The summed E-state index contributed by atoms with van der Waals surface area (Å²) in [6.07, 6.45) is 1.47. The Hall–Kier alpha value is -4.05. The van der Waals surface area contributed by atoms with Gasteiger partial charge in [-0.2, -0.15) is 9.97 Å². The standard InChI is InChI=1S/C20H14ClFN8O/c21-10-4-1-2-7-13(10)30-14(27-12-6-3-5-11(22)15(12)19(30)31)8-24-17-16-18(26-9-25-16)29-20(23)28-17/h1-7,9H,8H2,(H4,23,24,25,26,28,29). The molecule has 2 aromatic carbocycles. The minimum absolute atomic E-state index is 0.0521. The molecule has 0 unspecified atom stereocenters. The van der Waals surface area contributed by atoms with Gasteiger partial charge in [-0.25, -0.2) is 14.4 Å². The van der Waals surface area contributed by atoms with Crippen LogP contribution in [-0.4, -0.2) is 29.5 Å². The van der Waals surface area contributed by atoms with Gasteiger partial charge in [0, 0.05) is 0 Å². The van der Waals surface area contributed by atoms with Crippen molar-refractivity contribution in [3.63, 3.8) is 0 Å². The van der Waals surface area contributed by atoms with Crippen LogP contribution >= 0.6 is 11.6 Å². The molecule has 5 aromatic rings. The van der Waals surface area contributed by atoms with Gasteiger partial charge in [0.15, 0.2) is 11.5 Å². The summed E-state index contributed by atoms with van der Waals surface area (Å²) in [4.78, 5) is 33.1. The molecule has 11 heteroatoms. The SMILES string of the molecule is Nc1nc(NCc2nc3cccc(F)c3c(=O)n2-c2ccccc2Cl)c2nc[nH]c2n1. The number of hydrogen-bond donors (Lipinski definition) is 3. The predicted octanol–water partition coefficient (Wildman–Crippen LogP) is 3.04. The third-order valence-corrected chi connectivity index (χ3v) is 5.04. The highest BCUT2D eigenvalue weighted by atomic mass is 35.5. The Balaban J connectivity index is 1.69. The number of rotatable bonds is 4. The molecule has 0 radical (unpaired) electrons. The highest BCUT2D eigenvalue weighted by molar-refractivity contribution is 6.32. The molecule has 0 aliphatic rings. The minimum Gasteiger partial charge on any atom is -0.368 e. The van der Waals surface area contributed by atoms with Crippen LogP contribution < -0.4 is 16.6 Å². The number of aromatic amines is 1. The molecule has 0 aliphatic carbocycles. The molecule has 3 aromatic heterocycles. The van der Waals surface area contributed by atoms with Crippen LogP contribution in [0.25, 0.3) is 27.8 Å². The number of benzene rings is 2. The zero-order chi connectivity index (χ0) is 21.5. The van der Waals surface area contributed by atoms with Crippen molar-refractivity contribution >= 4 is 45.4 Å². The van der Waals surface area contributed by atoms with E-state index in [1.807, 2.05) is 0 Å². The van der Waals surface area contributed by atoms with Crippen LogP contribution in [0.5, 0.6) is 0 Å². The second kappa shape index (κ2) is 7.33. The number of anilines is 2. The largest absolute Gasteiger partial charge is 0.368 e. The number of H-pyrrole nitrogens is 1. The van der Waals surface area contributed by atoms with Gasteiger partial charge in [-0.15, -0.1) is 0 Å². The number of nitrogen functional groups attached to an aromatic ring is 1. The van der Waals surface area contributed by atoms with E-state index in [1.165, 1.54) is 23.0 Å². The quantitative estimate of drug-likeness (QED) is 0.395. The number of nitrogens with one attached hydrogen (secondary N) is 2. The van der Waals surface area contributed by atoms with Gasteiger partial charge in [-0.1, -0.05) is 29.8 Å². The zero-order valence-electron chi connectivity index (χ0n) is 15.8. The van der Waals surface area contributed by atoms with Crippen LogP contribution in [-0.2, 0) is 6.54 Å². The third-order valence-electron chi connectivity index (χ3n) is 4.72. The Labute approximate surface area is 178 Å². The fourth-order valence-corrected chi connectivity index (χ4v) is 3.60. The van der Waals surface area contributed by atoms with E-state index in [9.17, 15) is 9.18 Å². The number of nitrogens with two attached hydrogens (primary N) is 1. The van der Waals surface area contributed by atoms with E-state index in [-0.39, 0.29) is 23.4 Å². The van der Waals surface area contributed by atoms with Crippen molar-refractivity contribution in [3.8, 4) is 5.69 Å². The van der Waals surface area contributed by atoms with E-state index in [4.69, 9.17) is 17.3 Å². The van der Waals surface area contributed by atoms with E-state index in [1.54, 1.807) is 30.3 Å². The van der Waals surface area contributed by atoms with Gasteiger partial charge < -0.3 is 16.0 Å². The fraction of sp³-hybridized carbons (Fsp3) is 0.0500.